The van der Waals surface area contributed by atoms with Crippen LogP contribution in [0, 0.1) is 6.92 Å². The average Bonchev–Trinajstić information content (AvgIpc) is 3.35. The Bertz CT molecular complexity index is 1140. The van der Waals surface area contributed by atoms with Gasteiger partial charge in [0.15, 0.2) is 0 Å². The van der Waals surface area contributed by atoms with Crippen LogP contribution in [0.2, 0.25) is 0 Å². The van der Waals surface area contributed by atoms with Gasteiger partial charge >= 0.3 is 0 Å². The van der Waals surface area contributed by atoms with Crippen molar-refractivity contribution in [1.82, 2.24) is 9.80 Å². The van der Waals surface area contributed by atoms with Crippen LogP contribution in [0.4, 0.5) is 0 Å². The van der Waals surface area contributed by atoms with Crippen molar-refractivity contribution in [3.63, 3.8) is 0 Å². The van der Waals surface area contributed by atoms with Gasteiger partial charge in [-0.3, -0.25) is 9.59 Å². The Balaban J connectivity index is 1.62. The third-order valence-corrected chi connectivity index (χ3v) is 7.70. The van der Waals surface area contributed by atoms with E-state index in [-0.39, 0.29) is 30.4 Å². The van der Waals surface area contributed by atoms with Crippen LogP contribution < -0.4 is 4.74 Å². The van der Waals surface area contributed by atoms with E-state index >= 15 is 0 Å². The van der Waals surface area contributed by atoms with Crippen LogP contribution in [-0.4, -0.2) is 47.9 Å². The SMILES string of the molecule is CCC(C)N(CC(=O)N1CCc2sccc2C1c1ccc(C)cc1)C(=O)c1ccc(OC)cc1. The van der Waals surface area contributed by atoms with E-state index in [1.54, 1.807) is 47.6 Å². The van der Waals surface area contributed by atoms with Gasteiger partial charge in [0.1, 0.15) is 12.3 Å². The van der Waals surface area contributed by atoms with Gasteiger partial charge in [-0.1, -0.05) is 36.8 Å². The van der Waals surface area contributed by atoms with Crippen molar-refractivity contribution in [2.75, 3.05) is 20.2 Å². The molecule has 2 aromatic carbocycles. The molecule has 0 saturated heterocycles. The maximum atomic E-state index is 13.8. The number of hydrogen-bond donors (Lipinski definition) is 0. The molecule has 1 aliphatic heterocycles. The molecule has 34 heavy (non-hydrogen) atoms. The second kappa shape index (κ2) is 10.4. The minimum Gasteiger partial charge on any atom is -0.497 e. The van der Waals surface area contributed by atoms with Crippen molar-refractivity contribution in [1.29, 1.82) is 0 Å². The monoisotopic (exact) mass is 476 g/mol. The number of carbonyl (C=O) groups is 2. The first-order chi connectivity index (χ1) is 16.4. The quantitative estimate of drug-likeness (QED) is 0.454. The highest BCUT2D eigenvalue weighted by molar-refractivity contribution is 7.10. The van der Waals surface area contributed by atoms with E-state index in [1.165, 1.54) is 16.0 Å². The van der Waals surface area contributed by atoms with Gasteiger partial charge in [-0.25, -0.2) is 0 Å². The van der Waals surface area contributed by atoms with Gasteiger partial charge < -0.3 is 14.5 Å². The summed E-state index contributed by atoms with van der Waals surface area (Å²) in [6.07, 6.45) is 1.61. The number of nitrogens with zero attached hydrogens (tertiary/aromatic N) is 2. The van der Waals surface area contributed by atoms with Crippen LogP contribution in [0.5, 0.6) is 5.75 Å². The predicted molar refractivity (Wildman–Crippen MR) is 137 cm³/mol. The molecule has 0 bridgehead atoms. The van der Waals surface area contributed by atoms with Gasteiger partial charge in [0.2, 0.25) is 5.91 Å². The lowest BCUT2D eigenvalue weighted by Crippen LogP contribution is -2.49. The molecule has 178 valence electrons. The molecule has 2 unspecified atom stereocenters. The minimum absolute atomic E-state index is 0.0235. The number of fused-ring (bicyclic) bond motifs is 1. The summed E-state index contributed by atoms with van der Waals surface area (Å²) in [7, 11) is 1.60. The molecule has 5 nitrogen and oxygen atoms in total. The fourth-order valence-corrected chi connectivity index (χ4v) is 5.38. The standard InChI is InChI=1S/C28H32N2O3S/c1-5-20(3)30(28(32)22-10-12-23(33-4)13-11-22)18-26(31)29-16-14-25-24(15-17-34-25)27(29)21-8-6-19(2)7-9-21/h6-13,15,17,20,27H,5,14,16,18H2,1-4H3. The topological polar surface area (TPSA) is 49.9 Å². The van der Waals surface area contributed by atoms with E-state index in [4.69, 9.17) is 4.74 Å². The van der Waals surface area contributed by atoms with Gasteiger partial charge in [0.25, 0.3) is 5.91 Å². The van der Waals surface area contributed by atoms with Gasteiger partial charge in [0.05, 0.1) is 13.2 Å². The number of carbonyl (C=O) groups excluding carboxylic acids is 2. The van der Waals surface area contributed by atoms with Gasteiger partial charge in [0, 0.05) is 23.0 Å². The molecule has 0 saturated carbocycles. The lowest BCUT2D eigenvalue weighted by Gasteiger charge is -2.38. The average molecular weight is 477 g/mol. The summed E-state index contributed by atoms with van der Waals surface area (Å²) >= 11 is 1.76. The zero-order valence-electron chi connectivity index (χ0n) is 20.3. The van der Waals surface area contributed by atoms with E-state index < -0.39 is 0 Å². The summed E-state index contributed by atoms with van der Waals surface area (Å²) in [5.74, 6) is 0.540. The molecule has 1 aliphatic rings. The Hall–Kier alpha value is -3.12. The Morgan fingerprint density at radius 3 is 2.47 bits per heavy atom. The summed E-state index contributed by atoms with van der Waals surface area (Å²) in [5.41, 5.74) is 4.05. The highest BCUT2D eigenvalue weighted by atomic mass is 32.1. The number of hydrogen-bond acceptors (Lipinski definition) is 4. The summed E-state index contributed by atoms with van der Waals surface area (Å²) < 4.78 is 5.22. The first-order valence-corrected chi connectivity index (χ1v) is 12.7. The molecule has 0 radical (unpaired) electrons. The van der Waals surface area contributed by atoms with E-state index in [2.05, 4.69) is 42.6 Å². The number of thiophene rings is 1. The minimum atomic E-state index is -0.134. The maximum absolute atomic E-state index is 13.8. The van der Waals surface area contributed by atoms with E-state index in [0.29, 0.717) is 17.9 Å². The molecule has 2 amide bonds. The lowest BCUT2D eigenvalue weighted by atomic mass is 9.92. The van der Waals surface area contributed by atoms with Crippen molar-refractivity contribution in [3.8, 4) is 5.75 Å². The number of methoxy groups -OCH3 is 1. The summed E-state index contributed by atoms with van der Waals surface area (Å²) in [6, 6.07) is 17.4. The molecular formula is C28H32N2O3S. The highest BCUT2D eigenvalue weighted by Crippen LogP contribution is 2.38. The molecule has 0 fully saturated rings. The zero-order valence-corrected chi connectivity index (χ0v) is 21.1. The smallest absolute Gasteiger partial charge is 0.254 e. The molecule has 2 heterocycles. The highest BCUT2D eigenvalue weighted by Gasteiger charge is 2.34. The lowest BCUT2D eigenvalue weighted by molar-refractivity contribution is -0.134. The van der Waals surface area contributed by atoms with Gasteiger partial charge in [-0.15, -0.1) is 11.3 Å². The molecule has 0 N–H and O–H groups in total. The number of amides is 2. The first-order valence-electron chi connectivity index (χ1n) is 11.8. The molecule has 6 heteroatoms. The summed E-state index contributed by atoms with van der Waals surface area (Å²) in [4.78, 5) is 32.2. The van der Waals surface area contributed by atoms with Crippen LogP contribution >= 0.6 is 11.3 Å². The molecule has 4 rings (SSSR count). The number of benzene rings is 2. The number of ether oxygens (including phenoxy) is 1. The maximum Gasteiger partial charge on any atom is 0.254 e. The van der Waals surface area contributed by atoms with Crippen molar-refractivity contribution >= 4 is 23.2 Å². The van der Waals surface area contributed by atoms with Crippen molar-refractivity contribution in [2.24, 2.45) is 0 Å². The second-order valence-electron chi connectivity index (χ2n) is 8.87. The number of rotatable bonds is 7. The fourth-order valence-electron chi connectivity index (χ4n) is 4.48. The molecule has 2 atom stereocenters. The first kappa shape index (κ1) is 24.0. The van der Waals surface area contributed by atoms with E-state index in [9.17, 15) is 9.59 Å². The Morgan fingerprint density at radius 1 is 1.12 bits per heavy atom. The van der Waals surface area contributed by atoms with Gasteiger partial charge in [-0.05, 0) is 73.5 Å². The summed E-state index contributed by atoms with van der Waals surface area (Å²) in [6.45, 7) is 6.81. The predicted octanol–water partition coefficient (Wildman–Crippen LogP) is 5.48. The normalized spacial score (nSPS) is 16.0. The van der Waals surface area contributed by atoms with E-state index in [0.717, 1.165) is 18.4 Å². The van der Waals surface area contributed by atoms with E-state index in [1.807, 2.05) is 18.7 Å². The fraction of sp³-hybridized carbons (Fsp3) is 0.357. The van der Waals surface area contributed by atoms with Crippen LogP contribution in [0.1, 0.15) is 58.2 Å². The Morgan fingerprint density at radius 2 is 1.82 bits per heavy atom. The third kappa shape index (κ3) is 4.87. The van der Waals surface area contributed by atoms with Gasteiger partial charge in [-0.2, -0.15) is 0 Å². The third-order valence-electron chi connectivity index (χ3n) is 6.71. The van der Waals surface area contributed by atoms with Crippen molar-refractivity contribution in [3.05, 3.63) is 87.1 Å². The van der Waals surface area contributed by atoms with Crippen LogP contribution in [0.25, 0.3) is 0 Å². The second-order valence-corrected chi connectivity index (χ2v) is 9.87. The Kier molecular flexibility index (Phi) is 7.37. The zero-order chi connectivity index (χ0) is 24.2. The molecule has 0 aliphatic carbocycles. The number of aryl methyl sites for hydroxylation is 1. The molecule has 0 spiro atoms. The largest absolute Gasteiger partial charge is 0.497 e. The van der Waals surface area contributed by atoms with Crippen LogP contribution in [0.15, 0.2) is 60.0 Å². The Labute approximate surface area is 206 Å². The van der Waals surface area contributed by atoms with Crippen LogP contribution in [-0.2, 0) is 11.2 Å². The van der Waals surface area contributed by atoms with Crippen LogP contribution in [0.3, 0.4) is 0 Å². The molecular weight excluding hydrogens is 444 g/mol. The molecule has 1 aromatic heterocycles. The molecule has 3 aromatic rings. The van der Waals surface area contributed by atoms with Crippen molar-refractivity contribution < 1.29 is 14.3 Å². The van der Waals surface area contributed by atoms with Crippen molar-refractivity contribution in [2.45, 2.75) is 45.7 Å². The summed E-state index contributed by atoms with van der Waals surface area (Å²) in [5, 5.41) is 2.11.